The quantitative estimate of drug-likeness (QED) is 0.908. The second-order valence-corrected chi connectivity index (χ2v) is 7.99. The Morgan fingerprint density at radius 2 is 2.14 bits per heavy atom. The zero-order chi connectivity index (χ0) is 15.8. The summed E-state index contributed by atoms with van der Waals surface area (Å²) in [6.07, 6.45) is 2.06. The van der Waals surface area contributed by atoms with Crippen LogP contribution in [0.15, 0.2) is 17.0 Å². The lowest BCUT2D eigenvalue weighted by atomic mass is 10.00. The predicted molar refractivity (Wildman–Crippen MR) is 83.6 cm³/mol. The molecule has 0 spiro atoms. The fraction of sp³-hybridized carbons (Fsp3) is 0.571. The third kappa shape index (κ3) is 3.34. The van der Waals surface area contributed by atoms with Gasteiger partial charge >= 0.3 is 0 Å². The van der Waals surface area contributed by atoms with Gasteiger partial charge in [0.1, 0.15) is 4.90 Å². The summed E-state index contributed by atoms with van der Waals surface area (Å²) in [6, 6.07) is 3.58. The Morgan fingerprint density at radius 1 is 1.48 bits per heavy atom. The molecule has 2 N–H and O–H groups in total. The van der Waals surface area contributed by atoms with Crippen molar-refractivity contribution in [3.63, 3.8) is 0 Å². The number of halogens is 1. The average Bonchev–Trinajstić information content (AvgIpc) is 2.78. The van der Waals surface area contributed by atoms with Crippen molar-refractivity contribution >= 4 is 21.4 Å². The van der Waals surface area contributed by atoms with Crippen LogP contribution in [0.2, 0.25) is 5.02 Å². The van der Waals surface area contributed by atoms with Crippen molar-refractivity contribution in [1.82, 2.24) is 4.90 Å². The van der Waals surface area contributed by atoms with Crippen LogP contribution in [-0.2, 0) is 9.84 Å². The molecule has 5 nitrogen and oxygen atoms in total. The summed E-state index contributed by atoms with van der Waals surface area (Å²) in [7, 11) is 0.0215. The summed E-state index contributed by atoms with van der Waals surface area (Å²) < 4.78 is 29.1. The predicted octanol–water partition coefficient (Wildman–Crippen LogP) is 1.70. The van der Waals surface area contributed by atoms with E-state index in [1.165, 1.54) is 7.11 Å². The molecule has 0 aliphatic carbocycles. The van der Waals surface area contributed by atoms with E-state index in [0.717, 1.165) is 24.8 Å². The molecule has 1 saturated heterocycles. The van der Waals surface area contributed by atoms with Crippen LogP contribution in [0.5, 0.6) is 5.75 Å². The van der Waals surface area contributed by atoms with Gasteiger partial charge in [-0.1, -0.05) is 11.6 Å². The molecular weight excluding hydrogens is 312 g/mol. The van der Waals surface area contributed by atoms with Gasteiger partial charge in [-0.25, -0.2) is 8.42 Å². The lowest BCUT2D eigenvalue weighted by Gasteiger charge is -2.21. The number of sulfone groups is 1. The summed E-state index contributed by atoms with van der Waals surface area (Å²) in [5, 5.41) is 0.319. The van der Waals surface area contributed by atoms with Gasteiger partial charge in [-0.3, -0.25) is 4.90 Å². The second kappa shape index (κ2) is 6.12. The topological polar surface area (TPSA) is 72.6 Å². The Balaban J connectivity index is 2.49. The molecule has 0 amide bonds. The van der Waals surface area contributed by atoms with Crippen molar-refractivity contribution in [3.05, 3.63) is 22.7 Å². The molecule has 2 atom stereocenters. The lowest BCUT2D eigenvalue weighted by Crippen LogP contribution is -2.20. The Kier molecular flexibility index (Phi) is 4.82. The van der Waals surface area contributed by atoms with Crippen molar-refractivity contribution in [2.45, 2.75) is 17.4 Å². The number of hydrogen-bond donors (Lipinski definition) is 1. The summed E-state index contributed by atoms with van der Waals surface area (Å²) >= 11 is 6.20. The SMILES string of the molecule is COc1c(Cl)cc(C2CC(CN)CN2C)cc1S(C)(=O)=O. The van der Waals surface area contributed by atoms with Gasteiger partial charge in [0.15, 0.2) is 15.6 Å². The number of nitrogens with zero attached hydrogens (tertiary/aromatic N) is 1. The molecule has 1 aromatic rings. The number of likely N-dealkylation sites (tertiary alicyclic amines) is 1. The number of nitrogens with two attached hydrogens (primary N) is 1. The Bertz CT molecular complexity index is 633. The van der Waals surface area contributed by atoms with Crippen molar-refractivity contribution in [3.8, 4) is 5.75 Å². The minimum absolute atomic E-state index is 0.127. The zero-order valence-corrected chi connectivity index (χ0v) is 14.0. The molecule has 21 heavy (non-hydrogen) atoms. The van der Waals surface area contributed by atoms with E-state index < -0.39 is 9.84 Å². The van der Waals surface area contributed by atoms with Crippen LogP contribution in [0.3, 0.4) is 0 Å². The number of rotatable bonds is 4. The van der Waals surface area contributed by atoms with E-state index in [1.54, 1.807) is 12.1 Å². The Morgan fingerprint density at radius 3 is 2.62 bits per heavy atom. The first kappa shape index (κ1) is 16.5. The van der Waals surface area contributed by atoms with Crippen molar-refractivity contribution < 1.29 is 13.2 Å². The van der Waals surface area contributed by atoms with Crippen molar-refractivity contribution in [2.24, 2.45) is 11.7 Å². The Hall–Kier alpha value is -0.820. The molecule has 7 heteroatoms. The molecule has 0 radical (unpaired) electrons. The first-order valence-corrected chi connectivity index (χ1v) is 9.02. The fourth-order valence-corrected chi connectivity index (χ4v) is 4.16. The lowest BCUT2D eigenvalue weighted by molar-refractivity contribution is 0.313. The molecule has 1 heterocycles. The van der Waals surface area contributed by atoms with Crippen LogP contribution in [0.25, 0.3) is 0 Å². The standard InChI is InChI=1S/C14H21ClN2O3S/c1-17-8-9(7-16)4-12(17)10-5-11(15)14(20-2)13(6-10)21(3,18)19/h5-6,9,12H,4,7-8,16H2,1-3H3. The van der Waals surface area contributed by atoms with Gasteiger partial charge in [-0.15, -0.1) is 0 Å². The normalized spacial score (nSPS) is 23.5. The highest BCUT2D eigenvalue weighted by atomic mass is 35.5. The van der Waals surface area contributed by atoms with Crippen LogP contribution in [-0.4, -0.2) is 46.8 Å². The molecule has 1 aromatic carbocycles. The van der Waals surface area contributed by atoms with Crippen LogP contribution in [0.4, 0.5) is 0 Å². The molecule has 118 valence electrons. The van der Waals surface area contributed by atoms with Crippen LogP contribution >= 0.6 is 11.6 Å². The molecule has 2 rings (SSSR count). The third-order valence-corrected chi connectivity index (χ3v) is 5.37. The highest BCUT2D eigenvalue weighted by Crippen LogP contribution is 2.40. The number of methoxy groups -OCH3 is 1. The first-order chi connectivity index (χ1) is 9.77. The molecular formula is C14H21ClN2O3S. The minimum Gasteiger partial charge on any atom is -0.494 e. The fourth-order valence-electron chi connectivity index (χ4n) is 2.92. The van der Waals surface area contributed by atoms with Gasteiger partial charge in [0.2, 0.25) is 0 Å². The van der Waals surface area contributed by atoms with Crippen LogP contribution < -0.4 is 10.5 Å². The molecule has 2 unspecified atom stereocenters. The highest BCUT2D eigenvalue weighted by Gasteiger charge is 2.31. The molecule has 1 aliphatic heterocycles. The van der Waals surface area contributed by atoms with Crippen molar-refractivity contribution in [1.29, 1.82) is 0 Å². The molecule has 0 bridgehead atoms. The Labute approximate surface area is 130 Å². The average molecular weight is 333 g/mol. The maximum absolute atomic E-state index is 12.0. The summed E-state index contributed by atoms with van der Waals surface area (Å²) in [4.78, 5) is 2.32. The van der Waals surface area contributed by atoms with E-state index >= 15 is 0 Å². The van der Waals surface area contributed by atoms with E-state index in [9.17, 15) is 8.42 Å². The van der Waals surface area contributed by atoms with Crippen LogP contribution in [0, 0.1) is 5.92 Å². The van der Waals surface area contributed by atoms with Gasteiger partial charge in [0.25, 0.3) is 0 Å². The van der Waals surface area contributed by atoms with Gasteiger partial charge in [-0.2, -0.15) is 0 Å². The maximum atomic E-state index is 12.0. The first-order valence-electron chi connectivity index (χ1n) is 6.75. The summed E-state index contributed by atoms with van der Waals surface area (Å²) in [5.74, 6) is 0.626. The van der Waals surface area contributed by atoms with E-state index in [2.05, 4.69) is 4.90 Å². The molecule has 0 aromatic heterocycles. The highest BCUT2D eigenvalue weighted by molar-refractivity contribution is 7.90. The maximum Gasteiger partial charge on any atom is 0.179 e. The van der Waals surface area contributed by atoms with E-state index in [-0.39, 0.29) is 16.7 Å². The minimum atomic E-state index is -3.41. The largest absolute Gasteiger partial charge is 0.494 e. The summed E-state index contributed by atoms with van der Waals surface area (Å²) in [6.45, 7) is 1.53. The summed E-state index contributed by atoms with van der Waals surface area (Å²) in [5.41, 5.74) is 6.63. The van der Waals surface area contributed by atoms with Crippen LogP contribution in [0.1, 0.15) is 18.0 Å². The number of ether oxygens (including phenoxy) is 1. The van der Waals surface area contributed by atoms with Crippen molar-refractivity contribution in [2.75, 3.05) is 33.5 Å². The monoisotopic (exact) mass is 332 g/mol. The van der Waals surface area contributed by atoms with E-state index in [1.807, 2.05) is 7.05 Å². The molecule has 1 fully saturated rings. The van der Waals surface area contributed by atoms with Gasteiger partial charge < -0.3 is 10.5 Å². The van der Waals surface area contributed by atoms with E-state index in [0.29, 0.717) is 17.5 Å². The smallest absolute Gasteiger partial charge is 0.179 e. The van der Waals surface area contributed by atoms with Gasteiger partial charge in [0, 0.05) is 18.8 Å². The van der Waals surface area contributed by atoms with Gasteiger partial charge in [-0.05, 0) is 43.6 Å². The molecule has 0 saturated carbocycles. The third-order valence-electron chi connectivity index (χ3n) is 3.99. The van der Waals surface area contributed by atoms with Gasteiger partial charge in [0.05, 0.1) is 12.1 Å². The number of benzene rings is 1. The zero-order valence-electron chi connectivity index (χ0n) is 12.5. The molecule has 1 aliphatic rings. The second-order valence-electron chi connectivity index (χ2n) is 5.60. The van der Waals surface area contributed by atoms with E-state index in [4.69, 9.17) is 22.1 Å². The number of hydrogen-bond acceptors (Lipinski definition) is 5.